The molecule has 8 nitrogen and oxygen atoms in total. The summed E-state index contributed by atoms with van der Waals surface area (Å²) in [6.45, 7) is 2.12. The maximum Gasteiger partial charge on any atom is 0.270 e. The van der Waals surface area contributed by atoms with Crippen LogP contribution in [0.2, 0.25) is 0 Å². The number of aromatic nitrogens is 1. The van der Waals surface area contributed by atoms with Crippen LogP contribution in [0, 0.1) is 12.7 Å². The summed E-state index contributed by atoms with van der Waals surface area (Å²) in [5.41, 5.74) is 14.1. The van der Waals surface area contributed by atoms with E-state index in [4.69, 9.17) is 11.5 Å². The lowest BCUT2D eigenvalue weighted by Crippen LogP contribution is -2.43. The van der Waals surface area contributed by atoms with Gasteiger partial charge in [-0.1, -0.05) is 72.3 Å². The van der Waals surface area contributed by atoms with Crippen molar-refractivity contribution in [1.82, 2.24) is 14.6 Å². The third-order valence-electron chi connectivity index (χ3n) is 5.95. The van der Waals surface area contributed by atoms with E-state index in [1.54, 1.807) is 12.1 Å². The summed E-state index contributed by atoms with van der Waals surface area (Å²) in [6, 6.07) is 21.2. The lowest BCUT2D eigenvalue weighted by Gasteiger charge is -2.31. The van der Waals surface area contributed by atoms with Crippen molar-refractivity contribution >= 4 is 34.9 Å². The Kier molecular flexibility index (Phi) is 8.12. The molecule has 4 rings (SSSR count). The molecular formula is C28H26FN5O3S. The van der Waals surface area contributed by atoms with Gasteiger partial charge in [-0.25, -0.2) is 4.39 Å². The first kappa shape index (κ1) is 26.5. The number of primary amides is 1. The van der Waals surface area contributed by atoms with Crippen molar-refractivity contribution in [3.63, 3.8) is 0 Å². The molecule has 38 heavy (non-hydrogen) atoms. The van der Waals surface area contributed by atoms with Gasteiger partial charge in [-0.3, -0.25) is 14.4 Å². The Bertz CT molecular complexity index is 1440. The molecule has 194 valence electrons. The minimum Gasteiger partial charge on any atom is -0.395 e. The second kappa shape index (κ2) is 11.7. The van der Waals surface area contributed by atoms with Crippen LogP contribution in [-0.2, 0) is 17.9 Å². The topological polar surface area (TPSA) is 131 Å². The molecule has 0 radical (unpaired) electrons. The number of nitrogen functional groups attached to an aromatic ring is 1. The van der Waals surface area contributed by atoms with E-state index >= 15 is 0 Å². The van der Waals surface area contributed by atoms with E-state index in [0.29, 0.717) is 11.1 Å². The number of carbonyl (C=O) groups is 3. The van der Waals surface area contributed by atoms with Gasteiger partial charge in [0.05, 0.1) is 5.69 Å². The fourth-order valence-corrected chi connectivity index (χ4v) is 4.69. The SMILES string of the molecule is Cc1ccc(C(C(=O)NCc2ccccc2)N(Cc2ccc(F)cc2)C(=O)c2snc(C(N)=O)c2N)cc1. The summed E-state index contributed by atoms with van der Waals surface area (Å²) in [5, 5.41) is 2.92. The molecule has 0 saturated carbocycles. The molecule has 1 aromatic heterocycles. The zero-order valence-electron chi connectivity index (χ0n) is 20.6. The van der Waals surface area contributed by atoms with Crippen molar-refractivity contribution in [3.8, 4) is 0 Å². The number of halogens is 1. The summed E-state index contributed by atoms with van der Waals surface area (Å²) in [6.07, 6.45) is 0. The second-order valence-electron chi connectivity index (χ2n) is 8.71. The third-order valence-corrected chi connectivity index (χ3v) is 6.80. The molecule has 10 heteroatoms. The molecule has 1 heterocycles. The maximum atomic E-state index is 13.9. The third kappa shape index (κ3) is 6.04. The van der Waals surface area contributed by atoms with Gasteiger partial charge < -0.3 is 21.7 Å². The van der Waals surface area contributed by atoms with E-state index in [0.717, 1.165) is 22.7 Å². The van der Waals surface area contributed by atoms with Crippen molar-refractivity contribution in [1.29, 1.82) is 0 Å². The Hall–Kier alpha value is -4.57. The highest BCUT2D eigenvalue weighted by Crippen LogP contribution is 2.30. The molecule has 1 atom stereocenters. The first-order valence-corrected chi connectivity index (χ1v) is 12.5. The zero-order chi connectivity index (χ0) is 27.2. The lowest BCUT2D eigenvalue weighted by molar-refractivity contribution is -0.126. The Morgan fingerprint density at radius 2 is 1.63 bits per heavy atom. The summed E-state index contributed by atoms with van der Waals surface area (Å²) >= 11 is 0.732. The summed E-state index contributed by atoms with van der Waals surface area (Å²) in [4.78, 5) is 40.7. The average molecular weight is 532 g/mol. The zero-order valence-corrected chi connectivity index (χ0v) is 21.4. The van der Waals surface area contributed by atoms with Crippen molar-refractivity contribution in [3.05, 3.63) is 118 Å². The van der Waals surface area contributed by atoms with Crippen LogP contribution in [0.25, 0.3) is 0 Å². The number of nitrogens with zero attached hydrogens (tertiary/aromatic N) is 2. The van der Waals surface area contributed by atoms with Crippen LogP contribution >= 0.6 is 11.5 Å². The summed E-state index contributed by atoms with van der Waals surface area (Å²) in [7, 11) is 0. The molecule has 5 N–H and O–H groups in total. The fourth-order valence-electron chi connectivity index (χ4n) is 3.93. The Labute approximate surface area is 223 Å². The smallest absolute Gasteiger partial charge is 0.270 e. The second-order valence-corrected chi connectivity index (χ2v) is 9.49. The van der Waals surface area contributed by atoms with Gasteiger partial charge in [-0.05, 0) is 47.3 Å². The molecule has 0 aliphatic rings. The highest BCUT2D eigenvalue weighted by Gasteiger charge is 2.35. The summed E-state index contributed by atoms with van der Waals surface area (Å²) < 4.78 is 17.6. The molecule has 0 bridgehead atoms. The number of aryl methyl sites for hydroxylation is 1. The standard InChI is InChI=1S/C28H26FN5O3S/c1-17-7-11-20(12-8-17)24(27(36)32-15-18-5-3-2-4-6-18)34(16-19-9-13-21(29)14-10-19)28(37)25-22(30)23(26(31)35)33-38-25/h2-14,24H,15-16,30H2,1H3,(H2,31,35)(H,32,36). The number of carbonyl (C=O) groups excluding carboxylic acids is 3. The lowest BCUT2D eigenvalue weighted by atomic mass is 10.0. The van der Waals surface area contributed by atoms with E-state index in [2.05, 4.69) is 9.69 Å². The van der Waals surface area contributed by atoms with Crippen molar-refractivity contribution < 1.29 is 18.8 Å². The molecule has 4 aromatic rings. The van der Waals surface area contributed by atoms with E-state index in [9.17, 15) is 18.8 Å². The minimum absolute atomic E-state index is 0.0196. The Balaban J connectivity index is 1.77. The number of nitrogens with one attached hydrogen (secondary N) is 1. The molecule has 0 fully saturated rings. The molecule has 0 saturated heterocycles. The van der Waals surface area contributed by atoms with Gasteiger partial charge in [0, 0.05) is 13.1 Å². The van der Waals surface area contributed by atoms with Crippen molar-refractivity contribution in [2.45, 2.75) is 26.1 Å². The van der Waals surface area contributed by atoms with Gasteiger partial charge >= 0.3 is 0 Å². The van der Waals surface area contributed by atoms with E-state index < -0.39 is 29.6 Å². The normalized spacial score (nSPS) is 11.5. The largest absolute Gasteiger partial charge is 0.395 e. The van der Waals surface area contributed by atoms with Crippen LogP contribution in [-0.4, -0.2) is 27.0 Å². The minimum atomic E-state index is -1.07. The van der Waals surface area contributed by atoms with Gasteiger partial charge in [0.25, 0.3) is 11.8 Å². The highest BCUT2D eigenvalue weighted by atomic mass is 32.1. The molecule has 1 unspecified atom stereocenters. The van der Waals surface area contributed by atoms with Crippen LogP contribution in [0.1, 0.15) is 48.5 Å². The molecular weight excluding hydrogens is 505 g/mol. The van der Waals surface area contributed by atoms with Crippen LogP contribution in [0.4, 0.5) is 10.1 Å². The van der Waals surface area contributed by atoms with Gasteiger partial charge in [0.1, 0.15) is 16.7 Å². The van der Waals surface area contributed by atoms with Crippen molar-refractivity contribution in [2.24, 2.45) is 5.73 Å². The molecule has 0 aliphatic heterocycles. The van der Waals surface area contributed by atoms with Gasteiger partial charge in [-0.2, -0.15) is 4.37 Å². The van der Waals surface area contributed by atoms with Crippen LogP contribution in [0.15, 0.2) is 78.9 Å². The van der Waals surface area contributed by atoms with E-state index in [1.807, 2.05) is 49.4 Å². The van der Waals surface area contributed by atoms with Gasteiger partial charge in [0.2, 0.25) is 5.91 Å². The number of benzene rings is 3. The summed E-state index contributed by atoms with van der Waals surface area (Å²) in [5.74, 6) is -2.33. The molecule has 3 amide bonds. The highest BCUT2D eigenvalue weighted by molar-refractivity contribution is 7.09. The van der Waals surface area contributed by atoms with E-state index in [1.165, 1.54) is 29.2 Å². The number of anilines is 1. The first-order chi connectivity index (χ1) is 18.2. The predicted molar refractivity (Wildman–Crippen MR) is 144 cm³/mol. The maximum absolute atomic E-state index is 13.9. The van der Waals surface area contributed by atoms with Gasteiger partial charge in [0.15, 0.2) is 5.69 Å². The van der Waals surface area contributed by atoms with Crippen molar-refractivity contribution in [2.75, 3.05) is 5.73 Å². The molecule has 0 spiro atoms. The van der Waals surface area contributed by atoms with Gasteiger partial charge in [-0.15, -0.1) is 0 Å². The first-order valence-electron chi connectivity index (χ1n) is 11.7. The fraction of sp³-hybridized carbons (Fsp3) is 0.143. The van der Waals surface area contributed by atoms with Crippen LogP contribution in [0.3, 0.4) is 0 Å². The predicted octanol–water partition coefficient (Wildman–Crippen LogP) is 3.97. The number of amides is 3. The monoisotopic (exact) mass is 531 g/mol. The van der Waals surface area contributed by atoms with Crippen LogP contribution in [0.5, 0.6) is 0 Å². The van der Waals surface area contributed by atoms with E-state index in [-0.39, 0.29) is 29.3 Å². The molecule has 0 aliphatic carbocycles. The Morgan fingerprint density at radius 3 is 2.24 bits per heavy atom. The molecule has 3 aromatic carbocycles. The number of hydrogen-bond acceptors (Lipinski definition) is 6. The number of rotatable bonds is 9. The average Bonchev–Trinajstić information content (AvgIpc) is 3.31. The number of hydrogen-bond donors (Lipinski definition) is 3. The quantitative estimate of drug-likeness (QED) is 0.301. The number of nitrogens with two attached hydrogens (primary N) is 2. The Morgan fingerprint density at radius 1 is 0.974 bits per heavy atom. The van der Waals surface area contributed by atoms with Crippen LogP contribution < -0.4 is 16.8 Å².